The number of hydrogen-bond donors (Lipinski definition) is 0. The van der Waals surface area contributed by atoms with Crippen LogP contribution in [0.1, 0.15) is 0 Å². The lowest BCUT2D eigenvalue weighted by Crippen LogP contribution is -1.92. The standard InChI is InChI=1S/C13H7BrF2N2/c14-12-11-3-1-2-6-18(11)13(17-12)9-7-8(15)4-5-10(9)16/h1-7H. The van der Waals surface area contributed by atoms with Crippen LogP contribution in [0.4, 0.5) is 8.78 Å². The van der Waals surface area contributed by atoms with Crippen LogP contribution in [0.5, 0.6) is 0 Å². The highest BCUT2D eigenvalue weighted by Gasteiger charge is 2.14. The fourth-order valence-corrected chi connectivity index (χ4v) is 2.35. The van der Waals surface area contributed by atoms with Gasteiger partial charge < -0.3 is 0 Å². The van der Waals surface area contributed by atoms with Gasteiger partial charge in [-0.25, -0.2) is 13.8 Å². The topological polar surface area (TPSA) is 17.3 Å². The fraction of sp³-hybridized carbons (Fsp3) is 0. The van der Waals surface area contributed by atoms with Gasteiger partial charge in [0.2, 0.25) is 0 Å². The smallest absolute Gasteiger partial charge is 0.148 e. The molecule has 0 atom stereocenters. The number of hydrogen-bond acceptors (Lipinski definition) is 1. The Labute approximate surface area is 110 Å². The molecule has 2 aromatic heterocycles. The maximum absolute atomic E-state index is 13.8. The Morgan fingerprint density at radius 1 is 1.11 bits per heavy atom. The van der Waals surface area contributed by atoms with Gasteiger partial charge in [-0.3, -0.25) is 4.40 Å². The van der Waals surface area contributed by atoms with Crippen LogP contribution in [0.25, 0.3) is 16.9 Å². The summed E-state index contributed by atoms with van der Waals surface area (Å²) >= 11 is 3.31. The second-order valence-electron chi connectivity index (χ2n) is 3.81. The van der Waals surface area contributed by atoms with E-state index in [4.69, 9.17) is 0 Å². The first kappa shape index (κ1) is 11.3. The third kappa shape index (κ3) is 1.71. The minimum atomic E-state index is -0.500. The lowest BCUT2D eigenvalue weighted by Gasteiger charge is -2.02. The van der Waals surface area contributed by atoms with Crippen LogP contribution in [-0.2, 0) is 0 Å². The molecule has 5 heteroatoms. The van der Waals surface area contributed by atoms with Crippen molar-refractivity contribution < 1.29 is 8.78 Å². The van der Waals surface area contributed by atoms with E-state index in [1.807, 2.05) is 18.2 Å². The van der Waals surface area contributed by atoms with Gasteiger partial charge in [0.1, 0.15) is 22.1 Å². The van der Waals surface area contributed by atoms with E-state index in [2.05, 4.69) is 20.9 Å². The van der Waals surface area contributed by atoms with Crippen LogP contribution in [-0.4, -0.2) is 9.38 Å². The Bertz CT molecular complexity index is 737. The highest BCUT2D eigenvalue weighted by Crippen LogP contribution is 2.28. The van der Waals surface area contributed by atoms with Crippen molar-refractivity contribution in [3.8, 4) is 11.4 Å². The average Bonchev–Trinajstić information content (AvgIpc) is 2.71. The number of aromatic nitrogens is 2. The summed E-state index contributed by atoms with van der Waals surface area (Å²) in [6.07, 6.45) is 1.76. The molecule has 0 unspecified atom stereocenters. The zero-order valence-electron chi connectivity index (χ0n) is 9.07. The van der Waals surface area contributed by atoms with Gasteiger partial charge in [-0.15, -0.1) is 0 Å². The summed E-state index contributed by atoms with van der Waals surface area (Å²) < 4.78 is 29.3. The molecule has 0 fully saturated rings. The highest BCUT2D eigenvalue weighted by molar-refractivity contribution is 9.10. The molecular weight excluding hydrogens is 302 g/mol. The van der Waals surface area contributed by atoms with Crippen molar-refractivity contribution in [1.82, 2.24) is 9.38 Å². The van der Waals surface area contributed by atoms with E-state index in [1.54, 1.807) is 10.6 Å². The summed E-state index contributed by atoms with van der Waals surface area (Å²) in [5, 5.41) is 0. The Hall–Kier alpha value is -1.75. The molecule has 0 bridgehead atoms. The predicted molar refractivity (Wildman–Crippen MR) is 68.2 cm³/mol. The fourth-order valence-electron chi connectivity index (χ4n) is 1.86. The third-order valence-corrected chi connectivity index (χ3v) is 3.26. The van der Waals surface area contributed by atoms with Crippen molar-refractivity contribution in [2.45, 2.75) is 0 Å². The van der Waals surface area contributed by atoms with Crippen molar-refractivity contribution in [1.29, 1.82) is 0 Å². The van der Waals surface area contributed by atoms with Crippen molar-refractivity contribution in [3.05, 3.63) is 58.8 Å². The van der Waals surface area contributed by atoms with E-state index in [0.717, 1.165) is 23.7 Å². The van der Waals surface area contributed by atoms with Crippen LogP contribution in [0, 0.1) is 11.6 Å². The van der Waals surface area contributed by atoms with E-state index < -0.39 is 11.6 Å². The lowest BCUT2D eigenvalue weighted by molar-refractivity contribution is 0.602. The molecule has 2 heterocycles. The number of benzene rings is 1. The summed E-state index contributed by atoms with van der Waals surface area (Å²) in [6, 6.07) is 8.84. The van der Waals surface area contributed by atoms with Gasteiger partial charge in [0.15, 0.2) is 0 Å². The van der Waals surface area contributed by atoms with Gasteiger partial charge in [-0.1, -0.05) is 6.07 Å². The zero-order chi connectivity index (χ0) is 12.7. The summed E-state index contributed by atoms with van der Waals surface area (Å²) in [7, 11) is 0. The van der Waals surface area contributed by atoms with E-state index in [9.17, 15) is 8.78 Å². The van der Waals surface area contributed by atoms with Crippen LogP contribution in [0.3, 0.4) is 0 Å². The van der Waals surface area contributed by atoms with E-state index >= 15 is 0 Å². The second-order valence-corrected chi connectivity index (χ2v) is 4.56. The molecule has 0 radical (unpaired) electrons. The van der Waals surface area contributed by atoms with Gasteiger partial charge >= 0.3 is 0 Å². The molecule has 0 spiro atoms. The van der Waals surface area contributed by atoms with Crippen molar-refractivity contribution >= 4 is 21.4 Å². The number of nitrogens with zero attached hydrogens (tertiary/aromatic N) is 2. The minimum absolute atomic E-state index is 0.141. The van der Waals surface area contributed by atoms with E-state index in [1.165, 1.54) is 0 Å². The predicted octanol–water partition coefficient (Wildman–Crippen LogP) is 4.04. The maximum Gasteiger partial charge on any atom is 0.148 e. The Morgan fingerprint density at radius 3 is 2.78 bits per heavy atom. The molecule has 18 heavy (non-hydrogen) atoms. The number of imidazole rings is 1. The quantitative estimate of drug-likeness (QED) is 0.663. The zero-order valence-corrected chi connectivity index (χ0v) is 10.7. The highest BCUT2D eigenvalue weighted by atomic mass is 79.9. The van der Waals surface area contributed by atoms with Crippen LogP contribution < -0.4 is 0 Å². The molecule has 0 saturated heterocycles. The Kier molecular flexibility index (Phi) is 2.63. The first-order valence-corrected chi connectivity index (χ1v) is 6.04. The SMILES string of the molecule is Fc1ccc(F)c(-c2nc(Br)c3ccccn23)c1. The number of fused-ring (bicyclic) bond motifs is 1. The largest absolute Gasteiger partial charge is 0.298 e. The van der Waals surface area contributed by atoms with Gasteiger partial charge in [0.25, 0.3) is 0 Å². The van der Waals surface area contributed by atoms with Gasteiger partial charge in [-0.2, -0.15) is 0 Å². The number of rotatable bonds is 1. The second kappa shape index (κ2) is 4.17. The maximum atomic E-state index is 13.8. The van der Waals surface area contributed by atoms with Gasteiger partial charge in [0, 0.05) is 6.20 Å². The van der Waals surface area contributed by atoms with Gasteiger partial charge in [-0.05, 0) is 46.3 Å². The van der Waals surface area contributed by atoms with Crippen molar-refractivity contribution in [2.75, 3.05) is 0 Å². The monoisotopic (exact) mass is 308 g/mol. The summed E-state index contributed by atoms with van der Waals surface area (Å²) in [4.78, 5) is 4.23. The summed E-state index contributed by atoms with van der Waals surface area (Å²) in [6.45, 7) is 0. The molecule has 0 aliphatic rings. The van der Waals surface area contributed by atoms with Crippen LogP contribution in [0.2, 0.25) is 0 Å². The Balaban J connectivity index is 2.35. The summed E-state index contributed by atoms with van der Waals surface area (Å²) in [5.74, 6) is -0.621. The summed E-state index contributed by atoms with van der Waals surface area (Å²) in [5.41, 5.74) is 0.943. The van der Waals surface area contributed by atoms with Gasteiger partial charge in [0.05, 0.1) is 11.1 Å². The number of pyridine rings is 1. The molecule has 3 rings (SSSR count). The van der Waals surface area contributed by atoms with Crippen molar-refractivity contribution in [2.24, 2.45) is 0 Å². The first-order valence-electron chi connectivity index (χ1n) is 5.25. The van der Waals surface area contributed by atoms with Crippen molar-refractivity contribution in [3.63, 3.8) is 0 Å². The molecule has 1 aromatic carbocycles. The Morgan fingerprint density at radius 2 is 1.94 bits per heavy atom. The lowest BCUT2D eigenvalue weighted by atomic mass is 10.2. The van der Waals surface area contributed by atoms with E-state index in [0.29, 0.717) is 10.4 Å². The molecule has 0 aliphatic heterocycles. The normalized spacial score (nSPS) is 11.1. The molecular formula is C13H7BrF2N2. The van der Waals surface area contributed by atoms with Crippen LogP contribution in [0.15, 0.2) is 47.2 Å². The molecule has 0 amide bonds. The molecule has 2 nitrogen and oxygen atoms in total. The number of halogens is 3. The average molecular weight is 309 g/mol. The molecule has 0 saturated carbocycles. The molecule has 0 aliphatic carbocycles. The first-order chi connectivity index (χ1) is 8.66. The minimum Gasteiger partial charge on any atom is -0.298 e. The molecule has 3 aromatic rings. The van der Waals surface area contributed by atoms with E-state index in [-0.39, 0.29) is 5.56 Å². The van der Waals surface area contributed by atoms with Crippen LogP contribution >= 0.6 is 15.9 Å². The molecule has 0 N–H and O–H groups in total. The third-order valence-electron chi connectivity index (χ3n) is 2.67. The molecule has 90 valence electrons.